The van der Waals surface area contributed by atoms with Crippen LogP contribution < -0.4 is 9.64 Å². The monoisotopic (exact) mass is 465 g/mol. The predicted octanol–water partition coefficient (Wildman–Crippen LogP) is 6.33. The molecule has 32 heavy (non-hydrogen) atoms. The molecule has 0 unspecified atom stereocenters. The second-order valence-electron chi connectivity index (χ2n) is 6.95. The number of nitrogens with zero attached hydrogens (tertiary/aromatic N) is 3. The molecule has 0 aliphatic heterocycles. The average molecular weight is 466 g/mol. The Bertz CT molecular complexity index is 1100. The second kappa shape index (κ2) is 11.6. The molecule has 164 valence electrons. The van der Waals surface area contributed by atoms with Crippen LogP contribution >= 0.6 is 23.8 Å². The van der Waals surface area contributed by atoms with Crippen molar-refractivity contribution in [1.29, 1.82) is 5.26 Å². The van der Waals surface area contributed by atoms with Gasteiger partial charge >= 0.3 is 0 Å². The molecule has 0 aliphatic rings. The number of halogens is 1. The van der Waals surface area contributed by atoms with Gasteiger partial charge in [0.25, 0.3) is 0 Å². The zero-order valence-corrected chi connectivity index (χ0v) is 19.6. The molecule has 2 aromatic carbocycles. The first kappa shape index (κ1) is 23.7. The number of nitriles is 1. The van der Waals surface area contributed by atoms with Gasteiger partial charge in [-0.15, -0.1) is 0 Å². The van der Waals surface area contributed by atoms with Crippen LogP contribution in [0.4, 0.5) is 5.69 Å². The van der Waals surface area contributed by atoms with Crippen LogP contribution in [0.25, 0.3) is 0 Å². The van der Waals surface area contributed by atoms with E-state index in [-0.39, 0.29) is 0 Å². The molecule has 0 N–H and O–H groups in total. The van der Waals surface area contributed by atoms with Crippen LogP contribution in [0.3, 0.4) is 0 Å². The molecule has 1 aromatic heterocycles. The standard InChI is InChI=1S/C25H24ClN3O2S/c1-3-22-25(26)23(13-14-28-22)29(17-30-4-2)24(32)15-18-5-9-20(10-6-18)31-21-11-7-19(16-27)8-12-21/h5-14H,3-4,15,17H2,1-2H3. The van der Waals surface area contributed by atoms with Crippen molar-refractivity contribution in [3.8, 4) is 17.6 Å². The van der Waals surface area contributed by atoms with Gasteiger partial charge < -0.3 is 14.4 Å². The number of pyridine rings is 1. The first-order valence-corrected chi connectivity index (χ1v) is 11.1. The third kappa shape index (κ3) is 6.04. The lowest BCUT2D eigenvalue weighted by Gasteiger charge is -2.26. The van der Waals surface area contributed by atoms with Crippen LogP contribution in [-0.4, -0.2) is 23.3 Å². The van der Waals surface area contributed by atoms with Gasteiger partial charge in [0.1, 0.15) is 18.2 Å². The van der Waals surface area contributed by atoms with Crippen LogP contribution in [0.15, 0.2) is 60.8 Å². The van der Waals surface area contributed by atoms with E-state index >= 15 is 0 Å². The van der Waals surface area contributed by atoms with E-state index in [9.17, 15) is 0 Å². The van der Waals surface area contributed by atoms with Crippen molar-refractivity contribution in [3.63, 3.8) is 0 Å². The molecule has 3 rings (SSSR count). The van der Waals surface area contributed by atoms with Gasteiger partial charge in [-0.05, 0) is 61.4 Å². The minimum atomic E-state index is 0.322. The molecule has 0 saturated heterocycles. The Morgan fingerprint density at radius 1 is 1.06 bits per heavy atom. The quantitative estimate of drug-likeness (QED) is 0.272. The number of anilines is 1. The Hall–Kier alpha value is -2.98. The van der Waals surface area contributed by atoms with E-state index in [0.717, 1.165) is 23.4 Å². The largest absolute Gasteiger partial charge is 0.457 e. The average Bonchev–Trinajstić information content (AvgIpc) is 2.82. The van der Waals surface area contributed by atoms with Crippen molar-refractivity contribution in [3.05, 3.63) is 82.6 Å². The molecule has 0 aliphatic carbocycles. The molecule has 0 amide bonds. The summed E-state index contributed by atoms with van der Waals surface area (Å²) in [6, 6.07) is 18.7. The van der Waals surface area contributed by atoms with Crippen molar-refractivity contribution in [1.82, 2.24) is 4.98 Å². The summed E-state index contributed by atoms with van der Waals surface area (Å²) in [6.45, 7) is 4.86. The number of hydrogen-bond donors (Lipinski definition) is 0. The summed E-state index contributed by atoms with van der Waals surface area (Å²) in [5.41, 5.74) is 3.28. The van der Waals surface area contributed by atoms with Crippen molar-refractivity contribution >= 4 is 34.5 Å². The highest BCUT2D eigenvalue weighted by molar-refractivity contribution is 7.80. The minimum absolute atomic E-state index is 0.322. The van der Waals surface area contributed by atoms with Crippen molar-refractivity contribution in [2.75, 3.05) is 18.2 Å². The normalized spacial score (nSPS) is 10.4. The van der Waals surface area contributed by atoms with Gasteiger partial charge in [0.05, 0.1) is 33.0 Å². The van der Waals surface area contributed by atoms with Gasteiger partial charge in [-0.3, -0.25) is 4.98 Å². The van der Waals surface area contributed by atoms with Crippen LogP contribution in [0, 0.1) is 11.3 Å². The lowest BCUT2D eigenvalue weighted by molar-refractivity contribution is 0.156. The number of hydrogen-bond acceptors (Lipinski definition) is 5. The SMILES string of the molecule is CCOCN(C(=S)Cc1ccc(Oc2ccc(C#N)cc2)cc1)c1ccnc(CC)c1Cl. The molecule has 0 bridgehead atoms. The van der Waals surface area contributed by atoms with Crippen LogP contribution in [0.5, 0.6) is 11.5 Å². The van der Waals surface area contributed by atoms with Crippen LogP contribution in [0.1, 0.15) is 30.7 Å². The third-order valence-corrected chi connectivity index (χ3v) is 5.57. The lowest BCUT2D eigenvalue weighted by Crippen LogP contribution is -2.33. The number of thiocarbonyl (C=S) groups is 1. The molecule has 0 radical (unpaired) electrons. The van der Waals surface area contributed by atoms with Gasteiger partial charge in [-0.1, -0.05) is 42.9 Å². The number of aromatic nitrogens is 1. The number of benzene rings is 2. The van der Waals surface area contributed by atoms with E-state index in [1.54, 1.807) is 30.5 Å². The summed E-state index contributed by atoms with van der Waals surface area (Å²) >= 11 is 12.4. The highest BCUT2D eigenvalue weighted by atomic mass is 35.5. The molecule has 3 aromatic rings. The maximum atomic E-state index is 8.90. The number of rotatable bonds is 9. The van der Waals surface area contributed by atoms with E-state index in [4.69, 9.17) is 38.6 Å². The Morgan fingerprint density at radius 2 is 1.72 bits per heavy atom. The summed E-state index contributed by atoms with van der Waals surface area (Å²) in [5.74, 6) is 1.38. The van der Waals surface area contributed by atoms with Crippen molar-refractivity contribution in [2.24, 2.45) is 0 Å². The summed E-state index contributed by atoms with van der Waals surface area (Å²) in [7, 11) is 0. The summed E-state index contributed by atoms with van der Waals surface area (Å²) < 4.78 is 11.5. The van der Waals surface area contributed by atoms with E-state index in [1.807, 2.05) is 49.1 Å². The predicted molar refractivity (Wildman–Crippen MR) is 132 cm³/mol. The smallest absolute Gasteiger partial charge is 0.127 e. The number of aryl methyl sites for hydroxylation is 1. The minimum Gasteiger partial charge on any atom is -0.457 e. The number of ether oxygens (including phenoxy) is 2. The fourth-order valence-electron chi connectivity index (χ4n) is 3.07. The van der Waals surface area contributed by atoms with Gasteiger partial charge in [-0.2, -0.15) is 5.26 Å². The summed E-state index contributed by atoms with van der Waals surface area (Å²) in [6.07, 6.45) is 3.04. The Balaban J connectivity index is 1.72. The zero-order valence-electron chi connectivity index (χ0n) is 18.0. The molecule has 5 nitrogen and oxygen atoms in total. The van der Waals surface area contributed by atoms with Crippen LogP contribution in [-0.2, 0) is 17.6 Å². The molecule has 0 spiro atoms. The highest BCUT2D eigenvalue weighted by Gasteiger charge is 2.18. The molecule has 7 heteroatoms. The maximum absolute atomic E-state index is 8.90. The van der Waals surface area contributed by atoms with E-state index in [1.165, 1.54) is 0 Å². The second-order valence-corrected chi connectivity index (χ2v) is 7.80. The third-order valence-electron chi connectivity index (χ3n) is 4.79. The van der Waals surface area contributed by atoms with Gasteiger partial charge in [0.15, 0.2) is 0 Å². The zero-order chi connectivity index (χ0) is 22.9. The molecular formula is C25H24ClN3O2S. The van der Waals surface area contributed by atoms with E-state index in [2.05, 4.69) is 11.1 Å². The topological polar surface area (TPSA) is 58.4 Å². The Morgan fingerprint density at radius 3 is 2.31 bits per heavy atom. The molecule has 0 atom stereocenters. The van der Waals surface area contributed by atoms with E-state index in [0.29, 0.717) is 46.8 Å². The van der Waals surface area contributed by atoms with Gasteiger partial charge in [-0.25, -0.2) is 0 Å². The van der Waals surface area contributed by atoms with Gasteiger partial charge in [0.2, 0.25) is 0 Å². The first-order valence-electron chi connectivity index (χ1n) is 10.3. The first-order chi connectivity index (χ1) is 15.5. The molecular weight excluding hydrogens is 442 g/mol. The molecule has 1 heterocycles. The van der Waals surface area contributed by atoms with E-state index < -0.39 is 0 Å². The fourth-order valence-corrected chi connectivity index (χ4v) is 3.73. The fraction of sp³-hybridized carbons (Fsp3) is 0.240. The molecule has 0 fully saturated rings. The molecule has 0 saturated carbocycles. The highest BCUT2D eigenvalue weighted by Crippen LogP contribution is 2.29. The lowest BCUT2D eigenvalue weighted by atomic mass is 10.1. The van der Waals surface area contributed by atoms with Gasteiger partial charge in [0, 0.05) is 19.2 Å². The summed E-state index contributed by atoms with van der Waals surface area (Å²) in [4.78, 5) is 6.97. The Labute approximate surface area is 199 Å². The van der Waals surface area contributed by atoms with Crippen molar-refractivity contribution in [2.45, 2.75) is 26.7 Å². The van der Waals surface area contributed by atoms with Crippen LogP contribution in [0.2, 0.25) is 5.02 Å². The maximum Gasteiger partial charge on any atom is 0.127 e. The van der Waals surface area contributed by atoms with Crippen molar-refractivity contribution < 1.29 is 9.47 Å². The Kier molecular flexibility index (Phi) is 8.57. The summed E-state index contributed by atoms with van der Waals surface area (Å²) in [5, 5.41) is 9.50.